The SMILES string of the molecule is CC[Si](CC)(CC)O[C@H]1[C@@H](C)CCO[C@@]1(OC)[C@H]1C[C@H](OCc2ccc(OC)cc2)[C@H](COC(=O)C(C)(C)C)O1. The van der Waals surface area contributed by atoms with Crippen molar-refractivity contribution in [1.82, 2.24) is 0 Å². The topological polar surface area (TPSA) is 81.7 Å². The molecule has 0 N–H and O–H groups in total. The minimum Gasteiger partial charge on any atom is -0.497 e. The summed E-state index contributed by atoms with van der Waals surface area (Å²) >= 11 is 0. The highest BCUT2D eigenvalue weighted by molar-refractivity contribution is 6.73. The summed E-state index contributed by atoms with van der Waals surface area (Å²) in [4.78, 5) is 12.6. The van der Waals surface area contributed by atoms with Crippen LogP contribution in [0.25, 0.3) is 0 Å². The predicted molar refractivity (Wildman–Crippen MR) is 157 cm³/mol. The largest absolute Gasteiger partial charge is 0.497 e. The molecule has 0 spiro atoms. The van der Waals surface area contributed by atoms with Crippen molar-refractivity contribution in [3.63, 3.8) is 0 Å². The van der Waals surface area contributed by atoms with Crippen molar-refractivity contribution >= 4 is 14.3 Å². The Morgan fingerprint density at radius 2 is 1.73 bits per heavy atom. The molecule has 0 amide bonds. The molecule has 9 heteroatoms. The minimum atomic E-state index is -1.98. The quantitative estimate of drug-likeness (QED) is 0.204. The highest BCUT2D eigenvalue weighted by Crippen LogP contribution is 2.44. The molecule has 8 nitrogen and oxygen atoms in total. The van der Waals surface area contributed by atoms with Crippen molar-refractivity contribution < 1.29 is 37.6 Å². The Hall–Kier alpha value is -1.49. The van der Waals surface area contributed by atoms with Crippen LogP contribution in [-0.2, 0) is 39.5 Å². The van der Waals surface area contributed by atoms with Gasteiger partial charge in [0.2, 0.25) is 5.79 Å². The van der Waals surface area contributed by atoms with Gasteiger partial charge in [0.15, 0.2) is 8.32 Å². The van der Waals surface area contributed by atoms with E-state index in [4.69, 9.17) is 32.8 Å². The average molecular weight is 581 g/mol. The second kappa shape index (κ2) is 14.1. The van der Waals surface area contributed by atoms with E-state index in [0.717, 1.165) is 35.9 Å². The summed E-state index contributed by atoms with van der Waals surface area (Å²) in [6.45, 7) is 15.5. The maximum absolute atomic E-state index is 12.6. The summed E-state index contributed by atoms with van der Waals surface area (Å²) in [6, 6.07) is 10.9. The third-order valence-electron chi connectivity index (χ3n) is 8.71. The van der Waals surface area contributed by atoms with Crippen LogP contribution in [-0.4, -0.2) is 71.9 Å². The average Bonchev–Trinajstić information content (AvgIpc) is 3.37. The standard InChI is InChI=1S/C31H52O8Si/c1-10-40(11-2,12-3)39-28-22(4)17-18-37-31(28,34-9)27-19-25(26(38-27)21-36-29(32)30(5,6)7)35-20-23-13-15-24(33-8)16-14-23/h13-16,22,25-28H,10-12,17-21H2,1-9H3/t22-,25-,26-,27+,28-,31-/m0/s1. The lowest BCUT2D eigenvalue weighted by molar-refractivity contribution is -0.338. The van der Waals surface area contributed by atoms with Gasteiger partial charge in [-0.2, -0.15) is 0 Å². The van der Waals surface area contributed by atoms with Gasteiger partial charge in [-0.25, -0.2) is 0 Å². The Morgan fingerprint density at radius 3 is 2.27 bits per heavy atom. The van der Waals surface area contributed by atoms with Crippen LogP contribution in [0.5, 0.6) is 5.75 Å². The molecular weight excluding hydrogens is 528 g/mol. The molecule has 2 aliphatic heterocycles. The summed E-state index contributed by atoms with van der Waals surface area (Å²) < 4.78 is 43.9. The van der Waals surface area contributed by atoms with E-state index in [1.807, 2.05) is 45.0 Å². The van der Waals surface area contributed by atoms with Crippen molar-refractivity contribution in [2.75, 3.05) is 27.4 Å². The number of carbonyl (C=O) groups excluding carboxylic acids is 1. The monoisotopic (exact) mass is 580 g/mol. The Morgan fingerprint density at radius 1 is 1.07 bits per heavy atom. The van der Waals surface area contributed by atoms with Gasteiger partial charge in [0, 0.05) is 13.5 Å². The van der Waals surface area contributed by atoms with E-state index in [1.54, 1.807) is 14.2 Å². The molecule has 0 unspecified atom stereocenters. The Labute approximate surface area is 242 Å². The van der Waals surface area contributed by atoms with E-state index in [2.05, 4.69) is 27.7 Å². The smallest absolute Gasteiger partial charge is 0.311 e. The van der Waals surface area contributed by atoms with Gasteiger partial charge in [-0.05, 0) is 68.9 Å². The maximum atomic E-state index is 12.6. The van der Waals surface area contributed by atoms with Crippen LogP contribution in [0.2, 0.25) is 18.1 Å². The van der Waals surface area contributed by atoms with Crippen LogP contribution >= 0.6 is 0 Å². The summed E-state index contributed by atoms with van der Waals surface area (Å²) in [5.74, 6) is -0.309. The van der Waals surface area contributed by atoms with Gasteiger partial charge in [0.05, 0.1) is 31.8 Å². The van der Waals surface area contributed by atoms with Crippen LogP contribution in [0.1, 0.15) is 66.9 Å². The van der Waals surface area contributed by atoms with Gasteiger partial charge in [-0.3, -0.25) is 4.79 Å². The summed E-state index contributed by atoms with van der Waals surface area (Å²) in [5.41, 5.74) is 0.407. The molecule has 2 heterocycles. The molecule has 228 valence electrons. The van der Waals surface area contributed by atoms with Crippen molar-refractivity contribution in [2.45, 2.75) is 116 Å². The third kappa shape index (κ3) is 7.47. The zero-order chi connectivity index (χ0) is 29.6. The lowest BCUT2D eigenvalue weighted by Gasteiger charge is -2.51. The molecule has 0 aromatic heterocycles. The van der Waals surface area contributed by atoms with Crippen molar-refractivity contribution in [3.8, 4) is 5.75 Å². The normalized spacial score (nSPS) is 29.4. The summed E-state index contributed by atoms with van der Waals surface area (Å²) in [7, 11) is 1.35. The zero-order valence-corrected chi connectivity index (χ0v) is 27.1. The third-order valence-corrected chi connectivity index (χ3v) is 13.3. The van der Waals surface area contributed by atoms with E-state index < -0.39 is 31.7 Å². The molecule has 6 atom stereocenters. The first-order valence-corrected chi connectivity index (χ1v) is 17.4. The fourth-order valence-electron chi connectivity index (χ4n) is 5.68. The number of hydrogen-bond acceptors (Lipinski definition) is 8. The molecule has 2 saturated heterocycles. The highest BCUT2D eigenvalue weighted by atomic mass is 28.4. The Balaban J connectivity index is 1.86. The fourth-order valence-corrected chi connectivity index (χ4v) is 8.62. The molecule has 40 heavy (non-hydrogen) atoms. The van der Waals surface area contributed by atoms with Gasteiger partial charge in [0.1, 0.15) is 30.7 Å². The number of carbonyl (C=O) groups is 1. The second-order valence-corrected chi connectivity index (χ2v) is 17.0. The number of rotatable bonds is 13. The molecule has 3 rings (SSSR count). The number of ether oxygens (including phenoxy) is 6. The van der Waals surface area contributed by atoms with Gasteiger partial charge in [-0.1, -0.05) is 39.8 Å². The zero-order valence-electron chi connectivity index (χ0n) is 26.1. The van der Waals surface area contributed by atoms with E-state index >= 15 is 0 Å². The van der Waals surface area contributed by atoms with Crippen LogP contribution in [0.15, 0.2) is 24.3 Å². The number of methoxy groups -OCH3 is 2. The number of benzene rings is 1. The minimum absolute atomic E-state index is 0.0956. The maximum Gasteiger partial charge on any atom is 0.311 e. The molecule has 2 aliphatic rings. The van der Waals surface area contributed by atoms with Crippen molar-refractivity contribution in [1.29, 1.82) is 0 Å². The lowest BCUT2D eigenvalue weighted by Crippen LogP contribution is -2.64. The van der Waals surface area contributed by atoms with E-state index in [1.165, 1.54) is 0 Å². The first-order chi connectivity index (χ1) is 19.0. The number of esters is 1. The van der Waals surface area contributed by atoms with Crippen molar-refractivity contribution in [3.05, 3.63) is 29.8 Å². The second-order valence-electron chi connectivity index (χ2n) is 12.3. The first kappa shape index (κ1) is 33.0. The molecule has 0 bridgehead atoms. The molecule has 0 aliphatic carbocycles. The van der Waals surface area contributed by atoms with Crippen LogP contribution < -0.4 is 4.74 Å². The fraction of sp³-hybridized carbons (Fsp3) is 0.774. The Bertz CT molecular complexity index is 920. The van der Waals surface area contributed by atoms with Gasteiger partial charge >= 0.3 is 5.97 Å². The lowest BCUT2D eigenvalue weighted by atomic mass is 9.87. The Kier molecular flexibility index (Phi) is 11.7. The van der Waals surface area contributed by atoms with Gasteiger partial charge < -0.3 is 32.8 Å². The van der Waals surface area contributed by atoms with E-state index in [9.17, 15) is 4.79 Å². The van der Waals surface area contributed by atoms with Crippen LogP contribution in [0.3, 0.4) is 0 Å². The molecular formula is C31H52O8Si. The van der Waals surface area contributed by atoms with Crippen LogP contribution in [0.4, 0.5) is 0 Å². The number of hydrogen-bond donors (Lipinski definition) is 0. The predicted octanol–water partition coefficient (Wildman–Crippen LogP) is 6.12. The highest BCUT2D eigenvalue weighted by Gasteiger charge is 2.59. The van der Waals surface area contributed by atoms with Crippen LogP contribution in [0, 0.1) is 11.3 Å². The van der Waals surface area contributed by atoms with Gasteiger partial charge in [-0.15, -0.1) is 0 Å². The molecule has 0 radical (unpaired) electrons. The molecule has 1 aromatic rings. The van der Waals surface area contributed by atoms with Gasteiger partial charge in [0.25, 0.3) is 0 Å². The first-order valence-electron chi connectivity index (χ1n) is 14.9. The van der Waals surface area contributed by atoms with E-state index in [-0.39, 0.29) is 30.7 Å². The molecule has 2 fully saturated rings. The molecule has 0 saturated carbocycles. The summed E-state index contributed by atoms with van der Waals surface area (Å²) in [5, 5.41) is 0. The molecule has 1 aromatic carbocycles. The van der Waals surface area contributed by atoms with Crippen molar-refractivity contribution in [2.24, 2.45) is 11.3 Å². The summed E-state index contributed by atoms with van der Waals surface area (Å²) in [6.07, 6.45) is -0.0587. The van der Waals surface area contributed by atoms with E-state index in [0.29, 0.717) is 19.6 Å².